The second-order valence-corrected chi connectivity index (χ2v) is 5.81. The van der Waals surface area contributed by atoms with Crippen LogP contribution in [0, 0.1) is 11.3 Å². The molecule has 2 aromatic carbocycles. The summed E-state index contributed by atoms with van der Waals surface area (Å²) in [6.45, 7) is 0.135. The van der Waals surface area contributed by atoms with E-state index in [1.807, 2.05) is 18.2 Å². The van der Waals surface area contributed by atoms with Crippen LogP contribution in [0.4, 0.5) is 11.4 Å². The number of nitrogens with two attached hydrogens (primary N) is 1. The van der Waals surface area contributed by atoms with Crippen molar-refractivity contribution in [1.29, 1.82) is 5.26 Å². The smallest absolute Gasteiger partial charge is 0.162 e. The Kier molecular flexibility index (Phi) is 5.41. The lowest BCUT2D eigenvalue weighted by molar-refractivity contribution is 0.280. The standard InChI is InChI=1S/C20H20N4O3/c1-26-18-6-14-17(7-19(18)27-2)23-10-13(8-21)20(14)24-16-5-3-4-12(11-25)15(16)9-22/h3-7,10,25H,9,11,22H2,1-2H3,(H,23,24). The van der Waals surface area contributed by atoms with Gasteiger partial charge in [-0.1, -0.05) is 12.1 Å². The molecule has 0 saturated carbocycles. The molecule has 0 aliphatic rings. The Hall–Kier alpha value is -3.34. The van der Waals surface area contributed by atoms with Crippen LogP contribution < -0.4 is 20.5 Å². The first kappa shape index (κ1) is 18.5. The summed E-state index contributed by atoms with van der Waals surface area (Å²) in [6.07, 6.45) is 1.51. The van der Waals surface area contributed by atoms with Crippen LogP contribution in [-0.4, -0.2) is 24.3 Å². The molecule has 0 radical (unpaired) electrons. The molecule has 0 aliphatic heterocycles. The van der Waals surface area contributed by atoms with Gasteiger partial charge < -0.3 is 25.6 Å². The molecule has 7 nitrogen and oxygen atoms in total. The molecule has 0 spiro atoms. The molecule has 0 fully saturated rings. The fraction of sp³-hybridized carbons (Fsp3) is 0.200. The molecule has 0 atom stereocenters. The van der Waals surface area contributed by atoms with Gasteiger partial charge in [0.25, 0.3) is 0 Å². The summed E-state index contributed by atoms with van der Waals surface area (Å²) in [5.74, 6) is 1.09. The lowest BCUT2D eigenvalue weighted by Gasteiger charge is -2.17. The normalized spacial score (nSPS) is 10.5. The van der Waals surface area contributed by atoms with Crippen molar-refractivity contribution in [3.8, 4) is 17.6 Å². The maximum atomic E-state index is 9.56. The van der Waals surface area contributed by atoms with E-state index in [4.69, 9.17) is 15.2 Å². The van der Waals surface area contributed by atoms with E-state index in [2.05, 4.69) is 16.4 Å². The minimum absolute atomic E-state index is 0.116. The van der Waals surface area contributed by atoms with Crippen LogP contribution >= 0.6 is 0 Å². The number of nitrogens with one attached hydrogen (secondary N) is 1. The van der Waals surface area contributed by atoms with E-state index in [1.54, 1.807) is 26.4 Å². The number of aliphatic hydroxyl groups excluding tert-OH is 1. The zero-order valence-electron chi connectivity index (χ0n) is 15.1. The van der Waals surface area contributed by atoms with E-state index in [1.165, 1.54) is 6.20 Å². The van der Waals surface area contributed by atoms with E-state index >= 15 is 0 Å². The van der Waals surface area contributed by atoms with Gasteiger partial charge in [-0.2, -0.15) is 5.26 Å². The number of hydrogen-bond donors (Lipinski definition) is 3. The summed E-state index contributed by atoms with van der Waals surface area (Å²) in [5.41, 5.74) is 9.76. The minimum atomic E-state index is -0.116. The first-order valence-electron chi connectivity index (χ1n) is 8.30. The van der Waals surface area contributed by atoms with Gasteiger partial charge in [-0.15, -0.1) is 0 Å². The van der Waals surface area contributed by atoms with Crippen LogP contribution in [-0.2, 0) is 13.2 Å². The molecule has 0 aliphatic carbocycles. The zero-order valence-corrected chi connectivity index (χ0v) is 15.1. The van der Waals surface area contributed by atoms with Crippen LogP contribution in [0.15, 0.2) is 36.5 Å². The Balaban J connectivity index is 2.23. The van der Waals surface area contributed by atoms with Crippen molar-refractivity contribution in [1.82, 2.24) is 4.98 Å². The van der Waals surface area contributed by atoms with Crippen LogP contribution in [0.2, 0.25) is 0 Å². The first-order valence-corrected chi connectivity index (χ1v) is 8.30. The topological polar surface area (TPSA) is 113 Å². The van der Waals surface area contributed by atoms with Gasteiger partial charge in [-0.3, -0.25) is 4.98 Å². The number of nitrogens with zero attached hydrogens (tertiary/aromatic N) is 2. The van der Waals surface area contributed by atoms with Gasteiger partial charge in [0.05, 0.1) is 37.6 Å². The van der Waals surface area contributed by atoms with E-state index in [-0.39, 0.29) is 13.2 Å². The highest BCUT2D eigenvalue weighted by Gasteiger charge is 2.15. The molecule has 0 bridgehead atoms. The Morgan fingerprint density at radius 1 is 1.22 bits per heavy atom. The number of nitriles is 1. The van der Waals surface area contributed by atoms with Crippen LogP contribution in [0.1, 0.15) is 16.7 Å². The van der Waals surface area contributed by atoms with Gasteiger partial charge in [-0.05, 0) is 23.3 Å². The summed E-state index contributed by atoms with van der Waals surface area (Å²) in [5, 5.41) is 23.1. The molecule has 1 heterocycles. The van der Waals surface area contributed by atoms with Gasteiger partial charge in [0.15, 0.2) is 11.5 Å². The summed E-state index contributed by atoms with van der Waals surface area (Å²) in [6, 6.07) is 11.2. The molecular weight excluding hydrogens is 344 g/mol. The third-order valence-corrected chi connectivity index (χ3v) is 4.40. The number of rotatable bonds is 6. The maximum absolute atomic E-state index is 9.56. The quantitative estimate of drug-likeness (QED) is 0.616. The maximum Gasteiger partial charge on any atom is 0.162 e. The molecule has 27 heavy (non-hydrogen) atoms. The number of ether oxygens (including phenoxy) is 2. The first-order chi connectivity index (χ1) is 13.2. The number of anilines is 2. The monoisotopic (exact) mass is 364 g/mol. The third-order valence-electron chi connectivity index (χ3n) is 4.40. The fourth-order valence-corrected chi connectivity index (χ4v) is 3.01. The second kappa shape index (κ2) is 7.91. The highest BCUT2D eigenvalue weighted by atomic mass is 16.5. The molecule has 0 amide bonds. The zero-order chi connectivity index (χ0) is 19.4. The highest BCUT2D eigenvalue weighted by Crippen LogP contribution is 2.37. The van der Waals surface area contributed by atoms with Crippen molar-refractivity contribution in [3.05, 3.63) is 53.2 Å². The summed E-state index contributed by atoms with van der Waals surface area (Å²) in [4.78, 5) is 4.35. The van der Waals surface area contributed by atoms with Gasteiger partial charge in [0.2, 0.25) is 0 Å². The number of hydrogen-bond acceptors (Lipinski definition) is 7. The van der Waals surface area contributed by atoms with E-state index in [0.717, 1.165) is 16.8 Å². The molecule has 3 aromatic rings. The predicted octanol–water partition coefficient (Wildman–Crippen LogP) is 2.82. The van der Waals surface area contributed by atoms with Crippen molar-refractivity contribution in [2.75, 3.05) is 19.5 Å². The number of fused-ring (bicyclic) bond motifs is 1. The number of pyridine rings is 1. The van der Waals surface area contributed by atoms with Gasteiger partial charge in [0, 0.05) is 29.9 Å². The van der Waals surface area contributed by atoms with E-state index in [0.29, 0.717) is 33.7 Å². The number of aliphatic hydroxyl groups is 1. The van der Waals surface area contributed by atoms with Crippen molar-refractivity contribution < 1.29 is 14.6 Å². The van der Waals surface area contributed by atoms with Gasteiger partial charge in [-0.25, -0.2) is 0 Å². The molecule has 1 aromatic heterocycles. The van der Waals surface area contributed by atoms with Gasteiger partial charge in [0.1, 0.15) is 6.07 Å². The number of aromatic nitrogens is 1. The summed E-state index contributed by atoms with van der Waals surface area (Å²) < 4.78 is 10.7. The van der Waals surface area contributed by atoms with Gasteiger partial charge >= 0.3 is 0 Å². The van der Waals surface area contributed by atoms with Crippen LogP contribution in [0.3, 0.4) is 0 Å². The molecule has 7 heteroatoms. The Morgan fingerprint density at radius 3 is 2.59 bits per heavy atom. The average molecular weight is 364 g/mol. The third kappa shape index (κ3) is 3.36. The van der Waals surface area contributed by atoms with Crippen molar-refractivity contribution in [2.45, 2.75) is 13.2 Å². The Labute approximate surface area is 157 Å². The largest absolute Gasteiger partial charge is 0.493 e. The van der Waals surface area contributed by atoms with Crippen LogP contribution in [0.5, 0.6) is 11.5 Å². The highest BCUT2D eigenvalue weighted by molar-refractivity contribution is 5.97. The molecule has 3 rings (SSSR count). The number of benzene rings is 2. The average Bonchev–Trinajstić information content (AvgIpc) is 2.72. The minimum Gasteiger partial charge on any atom is -0.493 e. The predicted molar refractivity (Wildman–Crippen MR) is 103 cm³/mol. The molecule has 4 N–H and O–H groups in total. The fourth-order valence-electron chi connectivity index (χ4n) is 3.01. The van der Waals surface area contributed by atoms with Crippen molar-refractivity contribution in [3.63, 3.8) is 0 Å². The Morgan fingerprint density at radius 2 is 1.96 bits per heavy atom. The lowest BCUT2D eigenvalue weighted by Crippen LogP contribution is -2.07. The summed E-state index contributed by atoms with van der Waals surface area (Å²) >= 11 is 0. The SMILES string of the molecule is COc1cc2ncc(C#N)c(Nc3cccc(CO)c3CN)c2cc1OC. The molecule has 0 unspecified atom stereocenters. The molecular formula is C20H20N4O3. The van der Waals surface area contributed by atoms with Crippen LogP contribution in [0.25, 0.3) is 10.9 Å². The van der Waals surface area contributed by atoms with Crippen molar-refractivity contribution >= 4 is 22.3 Å². The molecule has 0 saturated heterocycles. The lowest BCUT2D eigenvalue weighted by atomic mass is 10.0. The molecule has 138 valence electrons. The van der Waals surface area contributed by atoms with E-state index < -0.39 is 0 Å². The second-order valence-electron chi connectivity index (χ2n) is 5.81. The summed E-state index contributed by atoms with van der Waals surface area (Å²) in [7, 11) is 3.11. The van der Waals surface area contributed by atoms with Crippen molar-refractivity contribution in [2.24, 2.45) is 5.73 Å². The van der Waals surface area contributed by atoms with E-state index in [9.17, 15) is 10.4 Å². The Bertz CT molecular complexity index is 1030. The number of methoxy groups -OCH3 is 2.